The molecule has 0 aliphatic rings. The summed E-state index contributed by atoms with van der Waals surface area (Å²) in [7, 11) is 0. The van der Waals surface area contributed by atoms with Crippen LogP contribution in [-0.2, 0) is 0 Å². The molecule has 2 heterocycles. The Morgan fingerprint density at radius 2 is 1.58 bits per heavy atom. The molecule has 0 radical (unpaired) electrons. The Morgan fingerprint density at radius 1 is 0.846 bits per heavy atom. The summed E-state index contributed by atoms with van der Waals surface area (Å²) in [5, 5.41) is 0.970. The van der Waals surface area contributed by atoms with Gasteiger partial charge in [0.25, 0.3) is 0 Å². The van der Waals surface area contributed by atoms with Gasteiger partial charge in [-0.2, -0.15) is 4.39 Å². The van der Waals surface area contributed by atoms with E-state index in [1.165, 1.54) is 6.20 Å². The monoisotopic (exact) mass is 454 g/mol. The molecule has 0 saturated carbocycles. The third-order valence-electron chi connectivity index (χ3n) is 4.08. The third kappa shape index (κ3) is 3.42. The fourth-order valence-corrected chi connectivity index (χ4v) is 3.20. The van der Waals surface area contributed by atoms with Crippen LogP contribution in [-0.4, -0.2) is 16.9 Å². The first kappa shape index (κ1) is 17.0. The van der Waals surface area contributed by atoms with Gasteiger partial charge in [-0.15, -0.1) is 0 Å². The predicted octanol–water partition coefficient (Wildman–Crippen LogP) is 3.56. The molecule has 0 saturated heterocycles. The molecule has 0 atom stereocenters. The first-order valence-electron chi connectivity index (χ1n) is 8.08. The van der Waals surface area contributed by atoms with E-state index >= 15 is 0 Å². The van der Waals surface area contributed by atoms with Gasteiger partial charge in [0, 0.05) is 26.8 Å². The second-order valence-electron chi connectivity index (χ2n) is 5.76. The van der Waals surface area contributed by atoms with Crippen LogP contribution >= 0.6 is 22.6 Å². The molecule has 0 aliphatic heterocycles. The zero-order valence-electron chi connectivity index (χ0n) is 13.6. The van der Waals surface area contributed by atoms with E-state index in [1.807, 2.05) is 54.6 Å². The number of pyridine rings is 2. The average Bonchev–Trinajstić information content (AvgIpc) is 2.68. The maximum Gasteiger partial charge on any atom is 0.431 e. The van der Waals surface area contributed by atoms with Crippen molar-refractivity contribution in [2.45, 2.75) is 0 Å². The normalized spacial score (nSPS) is 10.7. The Kier molecular flexibility index (Phi) is 4.84. The quantitative estimate of drug-likeness (QED) is 0.269. The fourth-order valence-electron chi connectivity index (χ4n) is 2.84. The Balaban J connectivity index is 1.83. The van der Waals surface area contributed by atoms with Crippen molar-refractivity contribution < 1.29 is 9.04 Å². The summed E-state index contributed by atoms with van der Waals surface area (Å²) in [6.45, 7) is -0.617. The Morgan fingerprint density at radius 3 is 2.38 bits per heavy atom. The number of halogens is 2. The molecule has 2 aromatic heterocycles. The highest BCUT2D eigenvalue weighted by molar-refractivity contribution is 14.1. The van der Waals surface area contributed by atoms with E-state index in [4.69, 9.17) is 4.65 Å². The van der Waals surface area contributed by atoms with E-state index in [9.17, 15) is 4.39 Å². The van der Waals surface area contributed by atoms with E-state index in [0.29, 0.717) is 11.2 Å². The number of rotatable bonds is 4. The minimum Gasteiger partial charge on any atom is -0.550 e. The van der Waals surface area contributed by atoms with E-state index in [-0.39, 0.29) is 0 Å². The number of fused-ring (bicyclic) bond motifs is 1. The van der Waals surface area contributed by atoms with Gasteiger partial charge < -0.3 is 4.65 Å². The van der Waals surface area contributed by atoms with Crippen molar-refractivity contribution in [3.8, 4) is 5.75 Å². The zero-order valence-corrected chi connectivity index (χ0v) is 15.8. The maximum absolute atomic E-state index is 14.4. The molecule has 0 bridgehead atoms. The molecular formula is C20H13BFIN2O. The van der Waals surface area contributed by atoms with E-state index < -0.39 is 12.9 Å². The lowest BCUT2D eigenvalue weighted by molar-refractivity contribution is 0.573. The van der Waals surface area contributed by atoms with E-state index in [2.05, 4.69) is 32.6 Å². The lowest BCUT2D eigenvalue weighted by Crippen LogP contribution is -2.49. The summed E-state index contributed by atoms with van der Waals surface area (Å²) in [5.41, 5.74) is 1.99. The predicted molar refractivity (Wildman–Crippen MR) is 111 cm³/mol. The molecule has 126 valence electrons. The van der Waals surface area contributed by atoms with Crippen LogP contribution in [0.3, 0.4) is 0 Å². The maximum atomic E-state index is 14.4. The minimum absolute atomic E-state index is 0.390. The number of hydrogen-bond acceptors (Lipinski definition) is 3. The Bertz CT molecular complexity index is 1050. The van der Waals surface area contributed by atoms with Gasteiger partial charge in [0.15, 0.2) is 0 Å². The van der Waals surface area contributed by atoms with Crippen molar-refractivity contribution >= 4 is 51.3 Å². The molecule has 26 heavy (non-hydrogen) atoms. The zero-order chi connectivity index (χ0) is 17.9. The number of para-hydroxylation sites is 1. The number of nitrogens with zero attached hydrogens (tertiary/aromatic N) is 2. The summed E-state index contributed by atoms with van der Waals surface area (Å²) < 4.78 is 21.8. The number of hydrogen-bond donors (Lipinski definition) is 0. The van der Waals surface area contributed by atoms with Crippen molar-refractivity contribution in [1.29, 1.82) is 0 Å². The van der Waals surface area contributed by atoms with Crippen molar-refractivity contribution in [3.05, 3.63) is 88.6 Å². The van der Waals surface area contributed by atoms with Gasteiger partial charge in [-0.25, -0.2) is 4.98 Å². The summed E-state index contributed by atoms with van der Waals surface area (Å²) in [4.78, 5) is 8.21. The topological polar surface area (TPSA) is 35.0 Å². The van der Waals surface area contributed by atoms with Gasteiger partial charge in [-0.1, -0.05) is 36.4 Å². The molecule has 0 amide bonds. The second-order valence-corrected chi connectivity index (χ2v) is 7.01. The van der Waals surface area contributed by atoms with Crippen LogP contribution in [0.4, 0.5) is 4.39 Å². The van der Waals surface area contributed by atoms with Crippen LogP contribution in [0.2, 0.25) is 0 Å². The van der Waals surface area contributed by atoms with Gasteiger partial charge in [-0.05, 0) is 58.4 Å². The van der Waals surface area contributed by atoms with Gasteiger partial charge in [-0.3, -0.25) is 4.98 Å². The molecule has 6 heteroatoms. The molecule has 0 unspecified atom stereocenters. The molecule has 0 N–H and O–H groups in total. The first-order valence-corrected chi connectivity index (χ1v) is 9.16. The number of aromatic nitrogens is 2. The largest absolute Gasteiger partial charge is 0.550 e. The van der Waals surface area contributed by atoms with E-state index in [1.54, 1.807) is 18.3 Å². The summed E-state index contributed by atoms with van der Waals surface area (Å²) >= 11 is 2.24. The summed E-state index contributed by atoms with van der Waals surface area (Å²) in [6.07, 6.45) is 3.16. The lowest BCUT2D eigenvalue weighted by atomic mass is 9.55. The molecular weight excluding hydrogens is 441 g/mol. The number of benzene rings is 2. The molecule has 3 nitrogen and oxygen atoms in total. The van der Waals surface area contributed by atoms with Crippen LogP contribution in [0.25, 0.3) is 10.9 Å². The smallest absolute Gasteiger partial charge is 0.431 e. The van der Waals surface area contributed by atoms with Crippen LogP contribution in [0.15, 0.2) is 79.1 Å². The van der Waals surface area contributed by atoms with Gasteiger partial charge in [0.1, 0.15) is 11.3 Å². The molecule has 4 rings (SSSR count). The Labute approximate surface area is 164 Å². The highest BCUT2D eigenvalue weighted by Crippen LogP contribution is 2.23. The molecule has 0 spiro atoms. The lowest BCUT2D eigenvalue weighted by Gasteiger charge is -2.18. The van der Waals surface area contributed by atoms with E-state index in [0.717, 1.165) is 19.9 Å². The van der Waals surface area contributed by atoms with Crippen LogP contribution in [0, 0.1) is 9.52 Å². The van der Waals surface area contributed by atoms with Crippen LogP contribution in [0.1, 0.15) is 0 Å². The summed E-state index contributed by atoms with van der Waals surface area (Å²) in [6, 6.07) is 20.8. The minimum atomic E-state index is -0.617. The van der Waals surface area contributed by atoms with Gasteiger partial charge >= 0.3 is 6.92 Å². The molecule has 2 aromatic carbocycles. The molecule has 0 fully saturated rings. The van der Waals surface area contributed by atoms with Gasteiger partial charge in [0.2, 0.25) is 5.95 Å². The highest BCUT2D eigenvalue weighted by atomic mass is 127. The molecule has 0 aliphatic carbocycles. The third-order valence-corrected chi connectivity index (χ3v) is 4.80. The Hall–Kier alpha value is -2.48. The SMILES string of the molecule is Fc1ncccc1B(Oc1cccc2cccnc12)c1ccc(I)cc1. The second kappa shape index (κ2) is 7.41. The highest BCUT2D eigenvalue weighted by Gasteiger charge is 2.28. The first-order chi connectivity index (χ1) is 12.7. The van der Waals surface area contributed by atoms with Crippen molar-refractivity contribution in [2.75, 3.05) is 0 Å². The van der Waals surface area contributed by atoms with Crippen molar-refractivity contribution in [1.82, 2.24) is 9.97 Å². The average molecular weight is 454 g/mol. The summed E-state index contributed by atoms with van der Waals surface area (Å²) in [5.74, 6) is 0.0687. The fraction of sp³-hybridized carbons (Fsp3) is 0. The van der Waals surface area contributed by atoms with Crippen LogP contribution in [0.5, 0.6) is 5.75 Å². The van der Waals surface area contributed by atoms with Gasteiger partial charge in [0.05, 0.1) is 0 Å². The van der Waals surface area contributed by atoms with Crippen LogP contribution < -0.4 is 15.6 Å². The van der Waals surface area contributed by atoms with Crippen molar-refractivity contribution in [2.24, 2.45) is 0 Å². The van der Waals surface area contributed by atoms with Crippen molar-refractivity contribution in [3.63, 3.8) is 0 Å². The standard InChI is InChI=1S/C20H13BFIN2O/c22-20-17(6-3-13-25-20)21(15-8-10-16(23)11-9-15)26-18-7-1-4-14-5-2-12-24-19(14)18/h1-13H. The molecule has 4 aromatic rings.